The van der Waals surface area contributed by atoms with Gasteiger partial charge in [-0.3, -0.25) is 4.79 Å². The summed E-state index contributed by atoms with van der Waals surface area (Å²) in [6.45, 7) is 2.44. The Morgan fingerprint density at radius 3 is 2.92 bits per heavy atom. The van der Waals surface area contributed by atoms with Gasteiger partial charge in [0.05, 0.1) is 12.2 Å². The summed E-state index contributed by atoms with van der Waals surface area (Å²) in [4.78, 5) is 11.3. The Bertz CT molecular complexity index is 284. The van der Waals surface area contributed by atoms with Crippen LogP contribution in [-0.4, -0.2) is 12.9 Å². The summed E-state index contributed by atoms with van der Waals surface area (Å²) in [6, 6.07) is 5.22. The molecule has 0 saturated carbocycles. The number of aldehydes is 1. The Labute approximate surface area is 77.0 Å². The molecule has 0 fully saturated rings. The van der Waals surface area contributed by atoms with Crippen molar-refractivity contribution in [1.82, 2.24) is 0 Å². The van der Waals surface area contributed by atoms with Crippen molar-refractivity contribution in [3.63, 3.8) is 0 Å². The van der Waals surface area contributed by atoms with Crippen LogP contribution in [0.4, 0.5) is 0 Å². The molecule has 0 amide bonds. The number of carbonyl (C=O) groups is 1. The normalized spacial score (nSPS) is 9.50. The van der Waals surface area contributed by atoms with E-state index in [-0.39, 0.29) is 0 Å². The van der Waals surface area contributed by atoms with Gasteiger partial charge in [-0.1, -0.05) is 0 Å². The number of benzene rings is 1. The molecule has 64 valence electrons. The van der Waals surface area contributed by atoms with Crippen LogP contribution in [-0.2, 0) is 0 Å². The zero-order valence-electron chi connectivity index (χ0n) is 6.78. The number of ether oxygens (including phenoxy) is 1. The summed E-state index contributed by atoms with van der Waals surface area (Å²) in [5, 5.41) is 0. The number of rotatable bonds is 3. The highest BCUT2D eigenvalue weighted by molar-refractivity contribution is 7.80. The largest absolute Gasteiger partial charge is 0.493 e. The summed E-state index contributed by atoms with van der Waals surface area (Å²) in [6.07, 6.45) is 0.769. The Hall–Kier alpha value is -0.960. The zero-order chi connectivity index (χ0) is 8.97. The first-order chi connectivity index (χ1) is 5.77. The molecule has 0 aliphatic rings. The minimum absolute atomic E-state index is 0.546. The smallest absolute Gasteiger partial charge is 0.153 e. The number of hydrogen-bond donors (Lipinski definition) is 1. The van der Waals surface area contributed by atoms with Crippen LogP contribution in [0.15, 0.2) is 23.1 Å². The Morgan fingerprint density at radius 2 is 2.33 bits per heavy atom. The lowest BCUT2D eigenvalue weighted by molar-refractivity contribution is 0.111. The van der Waals surface area contributed by atoms with Gasteiger partial charge in [0.15, 0.2) is 6.29 Å². The highest BCUT2D eigenvalue weighted by Crippen LogP contribution is 2.19. The molecule has 0 heterocycles. The number of hydrogen-bond acceptors (Lipinski definition) is 3. The average molecular weight is 182 g/mol. The van der Waals surface area contributed by atoms with Gasteiger partial charge >= 0.3 is 0 Å². The Kier molecular flexibility index (Phi) is 3.17. The van der Waals surface area contributed by atoms with E-state index in [1.807, 2.05) is 6.92 Å². The second-order valence-electron chi connectivity index (χ2n) is 2.27. The summed E-state index contributed by atoms with van der Waals surface area (Å²) >= 11 is 4.11. The van der Waals surface area contributed by atoms with Crippen molar-refractivity contribution in [2.75, 3.05) is 6.61 Å². The lowest BCUT2D eigenvalue weighted by atomic mass is 10.2. The van der Waals surface area contributed by atoms with Crippen LogP contribution in [0.5, 0.6) is 5.75 Å². The fourth-order valence-corrected chi connectivity index (χ4v) is 1.13. The molecule has 0 saturated heterocycles. The predicted octanol–water partition coefficient (Wildman–Crippen LogP) is 2.19. The van der Waals surface area contributed by atoms with Crippen LogP contribution in [0.25, 0.3) is 0 Å². The lowest BCUT2D eigenvalue weighted by Crippen LogP contribution is -1.95. The van der Waals surface area contributed by atoms with E-state index < -0.39 is 0 Å². The minimum atomic E-state index is 0.546. The van der Waals surface area contributed by atoms with Crippen LogP contribution in [0.1, 0.15) is 17.3 Å². The maximum atomic E-state index is 10.5. The number of thiol groups is 1. The van der Waals surface area contributed by atoms with Crippen molar-refractivity contribution in [2.24, 2.45) is 0 Å². The Morgan fingerprint density at radius 1 is 1.58 bits per heavy atom. The third kappa shape index (κ3) is 2.01. The molecule has 0 unspecified atom stereocenters. The molecule has 12 heavy (non-hydrogen) atoms. The van der Waals surface area contributed by atoms with Crippen molar-refractivity contribution >= 4 is 18.9 Å². The monoisotopic (exact) mass is 182 g/mol. The molecule has 0 aliphatic heterocycles. The quantitative estimate of drug-likeness (QED) is 0.573. The molecular formula is C9H10O2S. The van der Waals surface area contributed by atoms with Crippen molar-refractivity contribution in [3.8, 4) is 5.75 Å². The Balaban J connectivity index is 3.02. The van der Waals surface area contributed by atoms with E-state index in [0.29, 0.717) is 17.9 Å². The molecule has 0 aliphatic carbocycles. The summed E-state index contributed by atoms with van der Waals surface area (Å²) in [5.41, 5.74) is 0.546. The van der Waals surface area contributed by atoms with E-state index >= 15 is 0 Å². The van der Waals surface area contributed by atoms with Gasteiger partial charge in [0, 0.05) is 4.90 Å². The fourth-order valence-electron chi connectivity index (χ4n) is 0.915. The maximum Gasteiger partial charge on any atom is 0.153 e. The molecule has 0 N–H and O–H groups in total. The molecular weight excluding hydrogens is 172 g/mol. The first-order valence-electron chi connectivity index (χ1n) is 3.69. The maximum absolute atomic E-state index is 10.5. The summed E-state index contributed by atoms with van der Waals surface area (Å²) in [5.74, 6) is 0.616. The first kappa shape index (κ1) is 9.13. The third-order valence-corrected chi connectivity index (χ3v) is 1.70. The van der Waals surface area contributed by atoms with E-state index in [1.54, 1.807) is 18.2 Å². The molecule has 1 rings (SSSR count). The third-order valence-electron chi connectivity index (χ3n) is 1.42. The topological polar surface area (TPSA) is 26.3 Å². The van der Waals surface area contributed by atoms with Crippen molar-refractivity contribution < 1.29 is 9.53 Å². The standard InChI is InChI=1S/C9H10O2S/c1-2-11-9-4-3-8(12)5-7(9)6-10/h3-6,12H,2H2,1H3. The average Bonchev–Trinajstić information content (AvgIpc) is 2.08. The van der Waals surface area contributed by atoms with Crippen molar-refractivity contribution in [2.45, 2.75) is 11.8 Å². The van der Waals surface area contributed by atoms with Gasteiger partial charge in [-0.05, 0) is 25.1 Å². The van der Waals surface area contributed by atoms with E-state index in [1.165, 1.54) is 0 Å². The molecule has 0 spiro atoms. The highest BCUT2D eigenvalue weighted by Gasteiger charge is 2.01. The molecule has 0 atom stereocenters. The van der Waals surface area contributed by atoms with Gasteiger partial charge in [-0.15, -0.1) is 12.6 Å². The highest BCUT2D eigenvalue weighted by atomic mass is 32.1. The second kappa shape index (κ2) is 4.16. The lowest BCUT2D eigenvalue weighted by Gasteiger charge is -2.05. The molecule has 0 aromatic heterocycles. The van der Waals surface area contributed by atoms with Gasteiger partial charge in [-0.25, -0.2) is 0 Å². The van der Waals surface area contributed by atoms with Gasteiger partial charge in [0.1, 0.15) is 5.75 Å². The predicted molar refractivity (Wildman–Crippen MR) is 50.3 cm³/mol. The number of carbonyl (C=O) groups excluding carboxylic acids is 1. The van der Waals surface area contributed by atoms with Crippen molar-refractivity contribution in [3.05, 3.63) is 23.8 Å². The van der Waals surface area contributed by atoms with E-state index in [0.717, 1.165) is 11.2 Å². The van der Waals surface area contributed by atoms with Crippen molar-refractivity contribution in [1.29, 1.82) is 0 Å². The van der Waals surface area contributed by atoms with Crippen LogP contribution in [0.2, 0.25) is 0 Å². The fraction of sp³-hybridized carbons (Fsp3) is 0.222. The molecule has 1 aromatic rings. The van der Waals surface area contributed by atoms with E-state index in [9.17, 15) is 4.79 Å². The van der Waals surface area contributed by atoms with Crippen LogP contribution >= 0.6 is 12.6 Å². The molecule has 2 nitrogen and oxygen atoms in total. The zero-order valence-corrected chi connectivity index (χ0v) is 7.67. The van der Waals surface area contributed by atoms with Gasteiger partial charge in [0.2, 0.25) is 0 Å². The summed E-state index contributed by atoms with van der Waals surface area (Å²) in [7, 11) is 0. The molecule has 0 radical (unpaired) electrons. The first-order valence-corrected chi connectivity index (χ1v) is 4.13. The summed E-state index contributed by atoms with van der Waals surface area (Å²) < 4.78 is 5.22. The van der Waals surface area contributed by atoms with E-state index in [4.69, 9.17) is 4.74 Å². The van der Waals surface area contributed by atoms with Gasteiger partial charge in [-0.2, -0.15) is 0 Å². The van der Waals surface area contributed by atoms with Crippen LogP contribution in [0, 0.1) is 0 Å². The molecule has 1 aromatic carbocycles. The van der Waals surface area contributed by atoms with Gasteiger partial charge < -0.3 is 4.74 Å². The molecule has 0 bridgehead atoms. The second-order valence-corrected chi connectivity index (χ2v) is 2.79. The van der Waals surface area contributed by atoms with Crippen LogP contribution in [0.3, 0.4) is 0 Å². The molecule has 3 heteroatoms. The SMILES string of the molecule is CCOc1ccc(S)cc1C=O. The van der Waals surface area contributed by atoms with Gasteiger partial charge in [0.25, 0.3) is 0 Å². The van der Waals surface area contributed by atoms with Crippen LogP contribution < -0.4 is 4.74 Å². The minimum Gasteiger partial charge on any atom is -0.493 e. The van der Waals surface area contributed by atoms with E-state index in [2.05, 4.69) is 12.6 Å².